The molecule has 1 aliphatic rings. The number of carbonyl (C=O) groups excluding carboxylic acids is 2. The molecule has 0 atom stereocenters. The van der Waals surface area contributed by atoms with Crippen molar-refractivity contribution < 1.29 is 9.59 Å². The summed E-state index contributed by atoms with van der Waals surface area (Å²) in [6, 6.07) is 13.5. The topological polar surface area (TPSA) is 65.5 Å². The molecule has 0 saturated carbocycles. The monoisotopic (exact) mass is 422 g/mol. The van der Waals surface area contributed by atoms with Crippen molar-refractivity contribution in [1.29, 1.82) is 0 Å². The molecule has 1 N–H and O–H groups in total. The molecule has 2 amide bonds. The minimum atomic E-state index is -0.485. The Hall–Kier alpha value is -2.73. The molecule has 6 nitrogen and oxygen atoms in total. The highest BCUT2D eigenvalue weighted by Gasteiger charge is 2.26. The van der Waals surface area contributed by atoms with E-state index in [1.165, 1.54) is 0 Å². The van der Waals surface area contributed by atoms with Crippen LogP contribution < -0.4 is 5.32 Å². The number of likely N-dealkylation sites (tertiary alicyclic amines) is 1. The lowest BCUT2D eigenvalue weighted by Gasteiger charge is -2.36. The molecule has 0 aliphatic carbocycles. The molecule has 2 aromatic rings. The van der Waals surface area contributed by atoms with E-state index >= 15 is 0 Å². The van der Waals surface area contributed by atoms with Crippen molar-refractivity contribution in [2.45, 2.75) is 46.1 Å². The Morgan fingerprint density at radius 2 is 1.87 bits per heavy atom. The van der Waals surface area contributed by atoms with Crippen LogP contribution >= 0.6 is 0 Å². The van der Waals surface area contributed by atoms with Gasteiger partial charge in [-0.2, -0.15) is 0 Å². The first kappa shape index (κ1) is 22.9. The summed E-state index contributed by atoms with van der Waals surface area (Å²) in [4.78, 5) is 34.0. The summed E-state index contributed by atoms with van der Waals surface area (Å²) in [7, 11) is 1.89. The number of amides is 2. The molecule has 2 heterocycles. The van der Waals surface area contributed by atoms with Crippen LogP contribution in [0.2, 0.25) is 0 Å². The zero-order valence-electron chi connectivity index (χ0n) is 19.1. The van der Waals surface area contributed by atoms with Crippen LogP contribution in [0.5, 0.6) is 0 Å². The van der Waals surface area contributed by atoms with Crippen LogP contribution in [0.25, 0.3) is 0 Å². The smallest absolute Gasteiger partial charge is 0.253 e. The molecule has 166 valence electrons. The molecule has 1 aromatic heterocycles. The molecule has 1 aromatic carbocycles. The van der Waals surface area contributed by atoms with Gasteiger partial charge in [-0.25, -0.2) is 0 Å². The van der Waals surface area contributed by atoms with Crippen molar-refractivity contribution in [1.82, 2.24) is 14.8 Å². The highest BCUT2D eigenvalue weighted by Crippen LogP contribution is 2.21. The van der Waals surface area contributed by atoms with Crippen molar-refractivity contribution >= 4 is 17.5 Å². The van der Waals surface area contributed by atoms with Gasteiger partial charge in [0.15, 0.2) is 0 Å². The van der Waals surface area contributed by atoms with Gasteiger partial charge in [0.05, 0.1) is 0 Å². The fraction of sp³-hybridized carbons (Fsp3) is 0.480. The van der Waals surface area contributed by atoms with E-state index in [0.717, 1.165) is 44.6 Å². The third kappa shape index (κ3) is 6.37. The van der Waals surface area contributed by atoms with E-state index in [0.29, 0.717) is 11.3 Å². The fourth-order valence-electron chi connectivity index (χ4n) is 3.77. The number of aromatic nitrogens is 1. The zero-order valence-corrected chi connectivity index (χ0v) is 19.1. The van der Waals surface area contributed by atoms with Gasteiger partial charge in [0, 0.05) is 67.7 Å². The fourth-order valence-corrected chi connectivity index (χ4v) is 3.77. The minimum absolute atomic E-state index is 0.00112. The van der Waals surface area contributed by atoms with Gasteiger partial charge in [-0.15, -0.1) is 0 Å². The Bertz CT molecular complexity index is 884. The second-order valence-corrected chi connectivity index (χ2v) is 9.34. The van der Waals surface area contributed by atoms with E-state index in [1.807, 2.05) is 69.2 Å². The summed E-state index contributed by atoms with van der Waals surface area (Å²) < 4.78 is 0. The quantitative estimate of drug-likeness (QED) is 0.768. The normalized spacial score (nSPS) is 15.5. The van der Waals surface area contributed by atoms with Gasteiger partial charge in [-0.3, -0.25) is 14.6 Å². The van der Waals surface area contributed by atoms with E-state index < -0.39 is 5.41 Å². The minimum Gasteiger partial charge on any atom is -0.339 e. The van der Waals surface area contributed by atoms with Crippen LogP contribution in [0.1, 0.15) is 49.7 Å². The van der Waals surface area contributed by atoms with Crippen LogP contribution in [-0.4, -0.2) is 59.3 Å². The average molecular weight is 423 g/mol. The van der Waals surface area contributed by atoms with E-state index in [2.05, 4.69) is 21.3 Å². The molecule has 31 heavy (non-hydrogen) atoms. The van der Waals surface area contributed by atoms with Crippen LogP contribution in [0.15, 0.2) is 48.7 Å². The Labute approximate surface area is 185 Å². The van der Waals surface area contributed by atoms with Crippen molar-refractivity contribution in [2.75, 3.05) is 32.0 Å². The summed E-state index contributed by atoms with van der Waals surface area (Å²) in [6.45, 7) is 8.57. The predicted octanol–water partition coefficient (Wildman–Crippen LogP) is 3.85. The van der Waals surface area contributed by atoms with Gasteiger partial charge < -0.3 is 15.1 Å². The molecule has 1 aliphatic heterocycles. The molecule has 0 radical (unpaired) electrons. The van der Waals surface area contributed by atoms with Crippen LogP contribution in [-0.2, 0) is 11.2 Å². The molecule has 0 unspecified atom stereocenters. The number of rotatable bonds is 6. The number of nitrogens with one attached hydrogen (secondary N) is 1. The van der Waals surface area contributed by atoms with Gasteiger partial charge in [0.2, 0.25) is 5.91 Å². The molecule has 6 heteroatoms. The Kier molecular flexibility index (Phi) is 7.44. The number of piperidine rings is 1. The lowest BCUT2D eigenvalue weighted by atomic mass is 9.95. The van der Waals surface area contributed by atoms with E-state index in [-0.39, 0.29) is 17.9 Å². The van der Waals surface area contributed by atoms with Gasteiger partial charge in [0.1, 0.15) is 0 Å². The van der Waals surface area contributed by atoms with Crippen molar-refractivity contribution in [3.05, 3.63) is 59.9 Å². The molecule has 0 bridgehead atoms. The first-order valence-corrected chi connectivity index (χ1v) is 11.0. The Morgan fingerprint density at radius 1 is 1.13 bits per heavy atom. The maximum atomic E-state index is 13.1. The van der Waals surface area contributed by atoms with E-state index in [4.69, 9.17) is 0 Å². The highest BCUT2D eigenvalue weighted by atomic mass is 16.2. The summed E-state index contributed by atoms with van der Waals surface area (Å²) >= 11 is 0. The van der Waals surface area contributed by atoms with Crippen LogP contribution in [0.3, 0.4) is 0 Å². The maximum Gasteiger partial charge on any atom is 0.253 e. The van der Waals surface area contributed by atoms with Gasteiger partial charge in [-0.05, 0) is 43.2 Å². The molecular formula is C25H34N4O2. The first-order chi connectivity index (χ1) is 14.7. The maximum absolute atomic E-state index is 13.1. The predicted molar refractivity (Wildman–Crippen MR) is 124 cm³/mol. The van der Waals surface area contributed by atoms with Gasteiger partial charge in [-0.1, -0.05) is 32.9 Å². The number of hydrogen-bond donors (Lipinski definition) is 1. The third-order valence-electron chi connectivity index (χ3n) is 5.88. The lowest BCUT2D eigenvalue weighted by Crippen LogP contribution is -2.46. The second-order valence-electron chi connectivity index (χ2n) is 9.34. The third-order valence-corrected chi connectivity index (χ3v) is 5.88. The lowest BCUT2D eigenvalue weighted by molar-refractivity contribution is -0.123. The Morgan fingerprint density at radius 3 is 2.52 bits per heavy atom. The van der Waals surface area contributed by atoms with Crippen LogP contribution in [0, 0.1) is 5.41 Å². The Balaban J connectivity index is 1.52. The number of pyridine rings is 1. The van der Waals surface area contributed by atoms with Gasteiger partial charge >= 0.3 is 0 Å². The molecule has 1 saturated heterocycles. The number of carbonyl (C=O) groups is 2. The van der Waals surface area contributed by atoms with E-state index in [9.17, 15) is 9.59 Å². The number of hydrogen-bond acceptors (Lipinski definition) is 4. The molecule has 3 rings (SSSR count). The standard InChI is InChI=1S/C25H34N4O2/c1-25(2,3)24(31)27-21-10-7-8-19(18-21)23(30)28(4)22-12-16-29(17-13-22)15-11-20-9-5-6-14-26-20/h5-10,14,18,22H,11-13,15-17H2,1-4H3,(H,27,31). The van der Waals surface area contributed by atoms with Crippen molar-refractivity contribution in [3.63, 3.8) is 0 Å². The molecule has 1 fully saturated rings. The zero-order chi connectivity index (χ0) is 22.4. The highest BCUT2D eigenvalue weighted by molar-refractivity contribution is 5.98. The van der Waals surface area contributed by atoms with Crippen molar-refractivity contribution in [3.8, 4) is 0 Å². The van der Waals surface area contributed by atoms with Crippen LogP contribution in [0.4, 0.5) is 5.69 Å². The van der Waals surface area contributed by atoms with Crippen molar-refractivity contribution in [2.24, 2.45) is 5.41 Å². The summed E-state index contributed by atoms with van der Waals surface area (Å²) in [5.41, 5.74) is 1.90. The largest absolute Gasteiger partial charge is 0.339 e. The first-order valence-electron chi connectivity index (χ1n) is 11.0. The van der Waals surface area contributed by atoms with Gasteiger partial charge in [0.25, 0.3) is 5.91 Å². The number of nitrogens with zero attached hydrogens (tertiary/aromatic N) is 3. The van der Waals surface area contributed by atoms with E-state index in [1.54, 1.807) is 6.07 Å². The summed E-state index contributed by atoms with van der Waals surface area (Å²) in [6.07, 6.45) is 4.72. The SMILES string of the molecule is CN(C(=O)c1cccc(NC(=O)C(C)(C)C)c1)C1CCN(CCc2ccccn2)CC1. The summed E-state index contributed by atoms with van der Waals surface area (Å²) in [5, 5.41) is 2.91. The summed E-state index contributed by atoms with van der Waals surface area (Å²) in [5.74, 6) is -0.0673. The number of benzene rings is 1. The number of anilines is 1. The average Bonchev–Trinajstić information content (AvgIpc) is 2.77. The molecule has 0 spiro atoms. The molecular weight excluding hydrogens is 388 g/mol. The second kappa shape index (κ2) is 10.1.